The summed E-state index contributed by atoms with van der Waals surface area (Å²) in [5.41, 5.74) is 1.36. The average molecular weight is 515 g/mol. The number of hydrogen-bond acceptors (Lipinski definition) is 7. The van der Waals surface area contributed by atoms with Gasteiger partial charge in [-0.3, -0.25) is 24.6 Å². The Morgan fingerprint density at radius 2 is 1.66 bits per heavy atom. The van der Waals surface area contributed by atoms with Crippen LogP contribution in [-0.4, -0.2) is 48.5 Å². The molecule has 0 atom stereocenters. The van der Waals surface area contributed by atoms with Crippen LogP contribution in [0.4, 0.5) is 10.8 Å². The largest absolute Gasteiger partial charge is 0.298 e. The normalized spacial score (nSPS) is 14.3. The van der Waals surface area contributed by atoms with E-state index in [2.05, 4.69) is 10.3 Å². The second kappa shape index (κ2) is 10.2. The first-order valence-electron chi connectivity index (χ1n) is 11.4. The fourth-order valence-electron chi connectivity index (χ4n) is 3.91. The summed E-state index contributed by atoms with van der Waals surface area (Å²) in [6.45, 7) is 4.80. The van der Waals surface area contributed by atoms with Crippen molar-refractivity contribution in [3.63, 3.8) is 0 Å². The van der Waals surface area contributed by atoms with Crippen LogP contribution in [0.3, 0.4) is 0 Å². The molecule has 2 aromatic carbocycles. The summed E-state index contributed by atoms with van der Waals surface area (Å²) < 4.78 is 28.3. The van der Waals surface area contributed by atoms with Gasteiger partial charge in [0.1, 0.15) is 0 Å². The SMILES string of the molecule is CCCN(CCC)S(=O)(=O)c1ccc2nc(NC(=O)c3ccc(N4C(=O)CCC4=O)cc3)sc2c1. The fourth-order valence-corrected chi connectivity index (χ4v) is 6.54. The standard InChI is InChI=1S/C24H26N4O5S2/c1-3-13-27(14-4-2)35(32,33)18-9-10-19-20(15-18)34-24(25-19)26-23(31)16-5-7-17(8-6-16)28-21(29)11-12-22(28)30/h5-10,15H,3-4,11-14H2,1-2H3,(H,25,26,31). The Hall–Kier alpha value is -3.15. The molecule has 11 heteroatoms. The van der Waals surface area contributed by atoms with Gasteiger partial charge in [0, 0.05) is 31.5 Å². The minimum atomic E-state index is -3.62. The number of amides is 3. The first kappa shape index (κ1) is 25.0. The predicted octanol–water partition coefficient (Wildman–Crippen LogP) is 4.01. The van der Waals surface area contributed by atoms with Crippen LogP contribution in [0.5, 0.6) is 0 Å². The summed E-state index contributed by atoms with van der Waals surface area (Å²) >= 11 is 1.19. The van der Waals surface area contributed by atoms with Crippen LogP contribution in [0.2, 0.25) is 0 Å². The highest BCUT2D eigenvalue weighted by Gasteiger charge is 2.30. The molecule has 0 aliphatic carbocycles. The lowest BCUT2D eigenvalue weighted by Crippen LogP contribution is -2.32. The van der Waals surface area contributed by atoms with Crippen LogP contribution >= 0.6 is 11.3 Å². The zero-order valence-electron chi connectivity index (χ0n) is 19.5. The highest BCUT2D eigenvalue weighted by atomic mass is 32.2. The predicted molar refractivity (Wildman–Crippen MR) is 135 cm³/mol. The second-order valence-corrected chi connectivity index (χ2v) is 11.1. The van der Waals surface area contributed by atoms with Gasteiger partial charge in [-0.05, 0) is 55.3 Å². The number of imide groups is 1. The van der Waals surface area contributed by atoms with Crippen molar-refractivity contribution in [2.45, 2.75) is 44.4 Å². The molecule has 184 valence electrons. The van der Waals surface area contributed by atoms with E-state index in [4.69, 9.17) is 0 Å². The van der Waals surface area contributed by atoms with Crippen molar-refractivity contribution in [3.05, 3.63) is 48.0 Å². The molecular formula is C24H26N4O5S2. The zero-order valence-corrected chi connectivity index (χ0v) is 21.1. The van der Waals surface area contributed by atoms with Gasteiger partial charge in [-0.1, -0.05) is 25.2 Å². The van der Waals surface area contributed by atoms with E-state index in [-0.39, 0.29) is 29.6 Å². The maximum atomic E-state index is 13.1. The van der Waals surface area contributed by atoms with Crippen molar-refractivity contribution < 1.29 is 22.8 Å². The number of nitrogens with zero attached hydrogens (tertiary/aromatic N) is 3. The highest BCUT2D eigenvalue weighted by Crippen LogP contribution is 2.30. The topological polar surface area (TPSA) is 117 Å². The minimum Gasteiger partial charge on any atom is -0.298 e. The maximum absolute atomic E-state index is 13.1. The quantitative estimate of drug-likeness (QED) is 0.431. The van der Waals surface area contributed by atoms with Crippen LogP contribution in [0.25, 0.3) is 10.2 Å². The first-order chi connectivity index (χ1) is 16.7. The van der Waals surface area contributed by atoms with Crippen LogP contribution in [0.15, 0.2) is 47.4 Å². The number of benzene rings is 2. The highest BCUT2D eigenvalue weighted by molar-refractivity contribution is 7.89. The maximum Gasteiger partial charge on any atom is 0.257 e. The molecule has 0 saturated carbocycles. The average Bonchev–Trinajstić information content (AvgIpc) is 3.39. The molecule has 1 aliphatic heterocycles. The number of thiazole rings is 1. The molecule has 0 bridgehead atoms. The zero-order chi connectivity index (χ0) is 25.2. The fraction of sp³-hybridized carbons (Fsp3) is 0.333. The van der Waals surface area contributed by atoms with Gasteiger partial charge in [-0.15, -0.1) is 0 Å². The van der Waals surface area contributed by atoms with Crippen molar-refractivity contribution in [1.29, 1.82) is 0 Å². The molecule has 1 aromatic heterocycles. The molecule has 0 radical (unpaired) electrons. The Balaban J connectivity index is 1.51. The third-order valence-corrected chi connectivity index (χ3v) is 8.43. The van der Waals surface area contributed by atoms with Gasteiger partial charge in [0.15, 0.2) is 5.13 Å². The Morgan fingerprint density at radius 1 is 1.03 bits per heavy atom. The van der Waals surface area contributed by atoms with Gasteiger partial charge in [0.05, 0.1) is 20.8 Å². The molecule has 3 amide bonds. The number of aromatic nitrogens is 1. The lowest BCUT2D eigenvalue weighted by Gasteiger charge is -2.20. The molecule has 1 aliphatic rings. The van der Waals surface area contributed by atoms with Crippen molar-refractivity contribution in [2.75, 3.05) is 23.3 Å². The molecule has 2 heterocycles. The van der Waals surface area contributed by atoms with Gasteiger partial charge in [0.25, 0.3) is 5.91 Å². The van der Waals surface area contributed by atoms with E-state index in [1.807, 2.05) is 13.8 Å². The monoisotopic (exact) mass is 514 g/mol. The van der Waals surface area contributed by atoms with E-state index in [1.54, 1.807) is 30.3 Å². The summed E-state index contributed by atoms with van der Waals surface area (Å²) in [5.74, 6) is -0.911. The number of carbonyl (C=O) groups excluding carboxylic acids is 3. The summed E-state index contributed by atoms with van der Waals surface area (Å²) in [4.78, 5) is 42.2. The molecule has 1 fully saturated rings. The van der Waals surface area contributed by atoms with Crippen LogP contribution in [0, 0.1) is 0 Å². The van der Waals surface area contributed by atoms with Gasteiger partial charge in [-0.2, -0.15) is 4.31 Å². The number of carbonyl (C=O) groups is 3. The molecule has 4 rings (SSSR count). The van der Waals surface area contributed by atoms with Crippen LogP contribution < -0.4 is 10.2 Å². The van der Waals surface area contributed by atoms with E-state index in [0.29, 0.717) is 39.7 Å². The van der Waals surface area contributed by atoms with E-state index < -0.39 is 15.9 Å². The van der Waals surface area contributed by atoms with Gasteiger partial charge in [-0.25, -0.2) is 13.4 Å². The molecule has 9 nitrogen and oxygen atoms in total. The summed E-state index contributed by atoms with van der Waals surface area (Å²) in [5, 5.41) is 3.08. The second-order valence-electron chi connectivity index (χ2n) is 8.18. The van der Waals surface area contributed by atoms with Gasteiger partial charge >= 0.3 is 0 Å². The number of hydrogen-bond donors (Lipinski definition) is 1. The number of rotatable bonds is 9. The Labute approximate surface area is 207 Å². The van der Waals surface area contributed by atoms with Gasteiger partial charge in [0.2, 0.25) is 21.8 Å². The summed E-state index contributed by atoms with van der Waals surface area (Å²) in [6.07, 6.45) is 1.83. The summed E-state index contributed by atoms with van der Waals surface area (Å²) in [7, 11) is -3.62. The van der Waals surface area contributed by atoms with Crippen LogP contribution in [0.1, 0.15) is 49.9 Å². The van der Waals surface area contributed by atoms with Crippen molar-refractivity contribution in [1.82, 2.24) is 9.29 Å². The van der Waals surface area contributed by atoms with Crippen molar-refractivity contribution in [3.8, 4) is 0 Å². The molecule has 3 aromatic rings. The van der Waals surface area contributed by atoms with Crippen LogP contribution in [-0.2, 0) is 19.6 Å². The third-order valence-electron chi connectivity index (χ3n) is 5.60. The van der Waals surface area contributed by atoms with E-state index in [1.165, 1.54) is 27.8 Å². The Bertz CT molecular complexity index is 1360. The number of nitrogens with one attached hydrogen (secondary N) is 1. The Morgan fingerprint density at radius 3 is 2.26 bits per heavy atom. The third kappa shape index (κ3) is 5.12. The van der Waals surface area contributed by atoms with E-state index in [9.17, 15) is 22.8 Å². The van der Waals surface area contributed by atoms with Gasteiger partial charge < -0.3 is 0 Å². The smallest absolute Gasteiger partial charge is 0.257 e. The number of fused-ring (bicyclic) bond motifs is 1. The molecule has 0 unspecified atom stereocenters. The number of sulfonamides is 1. The van der Waals surface area contributed by atoms with E-state index >= 15 is 0 Å². The lowest BCUT2D eigenvalue weighted by molar-refractivity contribution is -0.121. The first-order valence-corrected chi connectivity index (χ1v) is 13.7. The molecule has 1 N–H and O–H groups in total. The number of anilines is 2. The molecule has 1 saturated heterocycles. The molecule has 0 spiro atoms. The van der Waals surface area contributed by atoms with Crippen molar-refractivity contribution >= 4 is 60.1 Å². The van der Waals surface area contributed by atoms with Crippen molar-refractivity contribution in [2.24, 2.45) is 0 Å². The molecule has 35 heavy (non-hydrogen) atoms. The van der Waals surface area contributed by atoms with E-state index in [0.717, 1.165) is 17.7 Å². The minimum absolute atomic E-state index is 0.191. The lowest BCUT2D eigenvalue weighted by atomic mass is 10.2. The summed E-state index contributed by atoms with van der Waals surface area (Å²) in [6, 6.07) is 11.0. The molecular weight excluding hydrogens is 488 g/mol. The Kier molecular flexibility index (Phi) is 7.29.